The van der Waals surface area contributed by atoms with Crippen LogP contribution in [0.4, 0.5) is 5.69 Å². The third-order valence-corrected chi connectivity index (χ3v) is 6.14. The Bertz CT molecular complexity index is 1490. The number of nitrogens with zero attached hydrogens (tertiary/aromatic N) is 1. The standard InChI is InChI=1S/C30H29N3O4/c1-19-12-14-25(16-20(19)2)31-29(34)30(35)33-32-21(3)23-13-15-27(28(17-23)36-4)37-18-24-10-7-9-22-8-5-6-11-26(22)24/h5-17H,18H2,1-4H3,(H,31,34)(H,33,35). The van der Waals surface area contributed by atoms with Gasteiger partial charge in [-0.15, -0.1) is 0 Å². The van der Waals surface area contributed by atoms with Gasteiger partial charge in [-0.1, -0.05) is 48.5 Å². The molecule has 37 heavy (non-hydrogen) atoms. The van der Waals surface area contributed by atoms with Crippen molar-refractivity contribution in [1.29, 1.82) is 0 Å². The van der Waals surface area contributed by atoms with Gasteiger partial charge >= 0.3 is 11.8 Å². The number of rotatable bonds is 7. The van der Waals surface area contributed by atoms with E-state index in [-0.39, 0.29) is 0 Å². The van der Waals surface area contributed by atoms with Gasteiger partial charge in [0.05, 0.1) is 12.8 Å². The first-order valence-electron chi connectivity index (χ1n) is 11.9. The van der Waals surface area contributed by atoms with E-state index < -0.39 is 11.8 Å². The Morgan fingerprint density at radius 3 is 2.41 bits per heavy atom. The maximum atomic E-state index is 12.3. The zero-order chi connectivity index (χ0) is 26.4. The lowest BCUT2D eigenvalue weighted by Crippen LogP contribution is -2.33. The van der Waals surface area contributed by atoms with Crippen molar-refractivity contribution >= 4 is 34.0 Å². The largest absolute Gasteiger partial charge is 0.493 e. The number of aryl methyl sites for hydroxylation is 2. The molecule has 0 aliphatic heterocycles. The van der Waals surface area contributed by atoms with Crippen LogP contribution in [0.2, 0.25) is 0 Å². The molecule has 0 saturated heterocycles. The van der Waals surface area contributed by atoms with E-state index >= 15 is 0 Å². The fourth-order valence-corrected chi connectivity index (χ4v) is 3.84. The Labute approximate surface area is 216 Å². The van der Waals surface area contributed by atoms with Crippen molar-refractivity contribution in [3.63, 3.8) is 0 Å². The predicted octanol–water partition coefficient (Wildman–Crippen LogP) is 5.52. The van der Waals surface area contributed by atoms with E-state index in [1.807, 2.05) is 56.3 Å². The van der Waals surface area contributed by atoms with Gasteiger partial charge in [-0.3, -0.25) is 9.59 Å². The van der Waals surface area contributed by atoms with Crippen molar-refractivity contribution in [1.82, 2.24) is 5.43 Å². The molecular formula is C30H29N3O4. The Morgan fingerprint density at radius 1 is 0.838 bits per heavy atom. The van der Waals surface area contributed by atoms with Crippen molar-refractivity contribution in [3.8, 4) is 11.5 Å². The number of benzene rings is 4. The lowest BCUT2D eigenvalue weighted by atomic mass is 10.1. The Balaban J connectivity index is 1.41. The molecule has 4 aromatic carbocycles. The summed E-state index contributed by atoms with van der Waals surface area (Å²) in [4.78, 5) is 24.5. The van der Waals surface area contributed by atoms with Gasteiger partial charge in [-0.2, -0.15) is 5.10 Å². The molecule has 0 spiro atoms. The van der Waals surface area contributed by atoms with E-state index in [1.54, 1.807) is 32.2 Å². The highest BCUT2D eigenvalue weighted by Crippen LogP contribution is 2.30. The van der Waals surface area contributed by atoms with E-state index in [0.717, 1.165) is 27.5 Å². The highest BCUT2D eigenvalue weighted by Gasteiger charge is 2.14. The first-order valence-corrected chi connectivity index (χ1v) is 11.9. The third kappa shape index (κ3) is 6.13. The number of anilines is 1. The molecule has 0 radical (unpaired) electrons. The number of ether oxygens (including phenoxy) is 2. The zero-order valence-electron chi connectivity index (χ0n) is 21.3. The minimum Gasteiger partial charge on any atom is -0.493 e. The average Bonchev–Trinajstić information content (AvgIpc) is 2.92. The molecule has 4 rings (SSSR count). The van der Waals surface area contributed by atoms with Crippen LogP contribution >= 0.6 is 0 Å². The topological polar surface area (TPSA) is 89.0 Å². The second-order valence-corrected chi connectivity index (χ2v) is 8.68. The first kappa shape index (κ1) is 25.4. The van der Waals surface area contributed by atoms with Crippen LogP contribution in [-0.4, -0.2) is 24.6 Å². The van der Waals surface area contributed by atoms with Crippen LogP contribution < -0.4 is 20.2 Å². The highest BCUT2D eigenvalue weighted by atomic mass is 16.5. The lowest BCUT2D eigenvalue weighted by Gasteiger charge is -2.13. The molecule has 0 aliphatic carbocycles. The summed E-state index contributed by atoms with van der Waals surface area (Å²) in [6.45, 7) is 6.03. The summed E-state index contributed by atoms with van der Waals surface area (Å²) in [5.41, 5.74) is 7.27. The summed E-state index contributed by atoms with van der Waals surface area (Å²) in [6, 6.07) is 25.1. The molecule has 2 amide bonds. The number of hydrogen-bond acceptors (Lipinski definition) is 5. The Kier molecular flexibility index (Phi) is 7.83. The molecular weight excluding hydrogens is 466 g/mol. The molecule has 7 heteroatoms. The molecule has 0 aliphatic rings. The fourth-order valence-electron chi connectivity index (χ4n) is 3.84. The van der Waals surface area contributed by atoms with Crippen molar-refractivity contribution in [2.75, 3.05) is 12.4 Å². The fraction of sp³-hybridized carbons (Fsp3) is 0.167. The van der Waals surface area contributed by atoms with Crippen LogP contribution in [-0.2, 0) is 16.2 Å². The van der Waals surface area contributed by atoms with Gasteiger partial charge in [0, 0.05) is 11.3 Å². The summed E-state index contributed by atoms with van der Waals surface area (Å²) in [7, 11) is 1.56. The molecule has 0 unspecified atom stereocenters. The van der Waals surface area contributed by atoms with Crippen molar-refractivity contribution in [2.45, 2.75) is 27.4 Å². The SMILES string of the molecule is COc1cc(C(C)=NNC(=O)C(=O)Nc2ccc(C)c(C)c2)ccc1OCc1cccc2ccccc12. The number of hydrazone groups is 1. The first-order chi connectivity index (χ1) is 17.9. The normalized spacial score (nSPS) is 11.2. The molecule has 0 fully saturated rings. The van der Waals surface area contributed by atoms with Gasteiger partial charge in [0.15, 0.2) is 11.5 Å². The summed E-state index contributed by atoms with van der Waals surface area (Å²) in [6.07, 6.45) is 0. The third-order valence-electron chi connectivity index (χ3n) is 6.14. The van der Waals surface area contributed by atoms with Crippen LogP contribution in [0.15, 0.2) is 84.0 Å². The molecule has 0 aromatic heterocycles. The maximum Gasteiger partial charge on any atom is 0.329 e. The number of carbonyl (C=O) groups excluding carboxylic acids is 2. The molecule has 0 heterocycles. The molecule has 7 nitrogen and oxygen atoms in total. The number of nitrogens with one attached hydrogen (secondary N) is 2. The van der Waals surface area contributed by atoms with Crippen LogP contribution in [0, 0.1) is 13.8 Å². The molecule has 4 aromatic rings. The van der Waals surface area contributed by atoms with Gasteiger partial charge in [-0.05, 0) is 78.6 Å². The number of hydrogen-bond donors (Lipinski definition) is 2. The summed E-state index contributed by atoms with van der Waals surface area (Å²) < 4.78 is 11.6. The van der Waals surface area contributed by atoms with E-state index in [2.05, 4.69) is 34.0 Å². The number of fused-ring (bicyclic) bond motifs is 1. The average molecular weight is 496 g/mol. The van der Waals surface area contributed by atoms with Crippen LogP contribution in [0.5, 0.6) is 11.5 Å². The van der Waals surface area contributed by atoms with Gasteiger partial charge in [0.2, 0.25) is 0 Å². The summed E-state index contributed by atoms with van der Waals surface area (Å²) in [5, 5.41) is 8.96. The smallest absolute Gasteiger partial charge is 0.329 e. The molecule has 0 atom stereocenters. The van der Waals surface area contributed by atoms with E-state index in [9.17, 15) is 9.59 Å². The summed E-state index contributed by atoms with van der Waals surface area (Å²) >= 11 is 0. The molecule has 0 saturated carbocycles. The molecule has 188 valence electrons. The quantitative estimate of drug-likeness (QED) is 0.201. The summed E-state index contributed by atoms with van der Waals surface area (Å²) in [5.74, 6) is -0.538. The van der Waals surface area contributed by atoms with Crippen LogP contribution in [0.25, 0.3) is 10.8 Å². The second kappa shape index (κ2) is 11.4. The second-order valence-electron chi connectivity index (χ2n) is 8.68. The molecule has 2 N–H and O–H groups in total. The van der Waals surface area contributed by atoms with Crippen molar-refractivity contribution in [2.24, 2.45) is 5.10 Å². The zero-order valence-corrected chi connectivity index (χ0v) is 21.3. The lowest BCUT2D eigenvalue weighted by molar-refractivity contribution is -0.136. The minimum absolute atomic E-state index is 0.385. The van der Waals surface area contributed by atoms with Gasteiger partial charge < -0.3 is 14.8 Å². The van der Waals surface area contributed by atoms with Gasteiger partial charge in [0.1, 0.15) is 6.61 Å². The highest BCUT2D eigenvalue weighted by molar-refractivity contribution is 6.39. The molecule has 0 bridgehead atoms. The van der Waals surface area contributed by atoms with E-state index in [0.29, 0.717) is 35.1 Å². The Hall–Kier alpha value is -4.65. The predicted molar refractivity (Wildman–Crippen MR) is 146 cm³/mol. The maximum absolute atomic E-state index is 12.3. The van der Waals surface area contributed by atoms with Crippen molar-refractivity contribution < 1.29 is 19.1 Å². The van der Waals surface area contributed by atoms with E-state index in [4.69, 9.17) is 9.47 Å². The van der Waals surface area contributed by atoms with E-state index in [1.165, 1.54) is 0 Å². The van der Waals surface area contributed by atoms with Crippen LogP contribution in [0.3, 0.4) is 0 Å². The number of carbonyl (C=O) groups is 2. The van der Waals surface area contributed by atoms with Crippen LogP contribution in [0.1, 0.15) is 29.2 Å². The Morgan fingerprint density at radius 2 is 1.62 bits per heavy atom. The van der Waals surface area contributed by atoms with Crippen molar-refractivity contribution in [3.05, 3.63) is 101 Å². The van der Waals surface area contributed by atoms with Gasteiger partial charge in [-0.25, -0.2) is 5.43 Å². The monoisotopic (exact) mass is 495 g/mol. The minimum atomic E-state index is -0.861. The number of methoxy groups -OCH3 is 1. The van der Waals surface area contributed by atoms with Gasteiger partial charge in [0.25, 0.3) is 0 Å². The number of amides is 2.